The molecule has 1 aliphatic carbocycles. The molecule has 2 aromatic heterocycles. The molecule has 0 unspecified atom stereocenters. The number of aromatic nitrogens is 2. The Hall–Kier alpha value is -1.45. The van der Waals surface area contributed by atoms with Gasteiger partial charge in [-0.3, -0.25) is 9.97 Å². The van der Waals surface area contributed by atoms with E-state index in [-0.39, 0.29) is 0 Å². The molecule has 2 heterocycles. The predicted octanol–water partition coefficient (Wildman–Crippen LogP) is 3.30. The van der Waals surface area contributed by atoms with Crippen molar-refractivity contribution in [3.05, 3.63) is 58.6 Å². The summed E-state index contributed by atoms with van der Waals surface area (Å²) in [5.41, 5.74) is 3.44. The molecular formula is C15H16ClN3. The first kappa shape index (κ1) is 12.6. The Kier molecular flexibility index (Phi) is 3.76. The van der Waals surface area contributed by atoms with Crippen molar-refractivity contribution in [1.29, 1.82) is 0 Å². The van der Waals surface area contributed by atoms with Crippen LogP contribution in [0.4, 0.5) is 0 Å². The Balaban J connectivity index is 1.73. The number of aryl methyl sites for hydroxylation is 1. The van der Waals surface area contributed by atoms with Gasteiger partial charge in [0.2, 0.25) is 0 Å². The maximum atomic E-state index is 6.12. The van der Waals surface area contributed by atoms with Crippen molar-refractivity contribution in [2.24, 2.45) is 0 Å². The van der Waals surface area contributed by atoms with Crippen molar-refractivity contribution in [1.82, 2.24) is 15.3 Å². The Morgan fingerprint density at radius 3 is 2.95 bits per heavy atom. The Labute approximate surface area is 118 Å². The molecule has 0 aromatic carbocycles. The van der Waals surface area contributed by atoms with Crippen LogP contribution in [0.1, 0.15) is 35.8 Å². The standard InChI is InChI=1S/C15H16ClN3/c16-12-6-3-8-17-14(12)10-19-13-7-1-4-11-5-2-9-18-15(11)13/h2-3,5-6,8-9,13,19H,1,4,7,10H2/t13-/m0/s1. The lowest BCUT2D eigenvalue weighted by molar-refractivity contribution is 0.445. The summed E-state index contributed by atoms with van der Waals surface area (Å²) in [6, 6.07) is 8.21. The number of nitrogens with zero attached hydrogens (tertiary/aromatic N) is 2. The van der Waals surface area contributed by atoms with Gasteiger partial charge in [0.15, 0.2) is 0 Å². The van der Waals surface area contributed by atoms with Crippen LogP contribution in [0.25, 0.3) is 0 Å². The Morgan fingerprint density at radius 2 is 2.05 bits per heavy atom. The van der Waals surface area contributed by atoms with E-state index in [4.69, 9.17) is 11.6 Å². The smallest absolute Gasteiger partial charge is 0.0727 e. The second-order valence-corrected chi connectivity index (χ2v) is 5.21. The van der Waals surface area contributed by atoms with Crippen LogP contribution in [-0.2, 0) is 13.0 Å². The van der Waals surface area contributed by atoms with E-state index in [0.717, 1.165) is 18.5 Å². The Bertz CT molecular complexity index is 571. The van der Waals surface area contributed by atoms with Crippen molar-refractivity contribution in [3.8, 4) is 0 Å². The summed E-state index contributed by atoms with van der Waals surface area (Å²) in [4.78, 5) is 8.82. The van der Waals surface area contributed by atoms with E-state index in [1.165, 1.54) is 17.7 Å². The van der Waals surface area contributed by atoms with E-state index >= 15 is 0 Å². The van der Waals surface area contributed by atoms with E-state index in [1.54, 1.807) is 6.20 Å². The van der Waals surface area contributed by atoms with Crippen LogP contribution < -0.4 is 5.32 Å². The number of fused-ring (bicyclic) bond motifs is 1. The highest BCUT2D eigenvalue weighted by Crippen LogP contribution is 2.28. The van der Waals surface area contributed by atoms with Gasteiger partial charge in [0.1, 0.15) is 0 Å². The van der Waals surface area contributed by atoms with Crippen molar-refractivity contribution in [2.45, 2.75) is 31.8 Å². The van der Waals surface area contributed by atoms with Crippen molar-refractivity contribution in [2.75, 3.05) is 0 Å². The van der Waals surface area contributed by atoms with E-state index in [2.05, 4.69) is 21.4 Å². The molecule has 1 atom stereocenters. The van der Waals surface area contributed by atoms with E-state index < -0.39 is 0 Å². The molecule has 0 bridgehead atoms. The minimum absolute atomic E-state index is 0.308. The first-order chi connectivity index (χ1) is 9.34. The molecule has 0 amide bonds. The number of rotatable bonds is 3. The molecule has 3 nitrogen and oxygen atoms in total. The molecule has 1 N–H and O–H groups in total. The molecule has 2 aromatic rings. The lowest BCUT2D eigenvalue weighted by Gasteiger charge is -2.25. The maximum absolute atomic E-state index is 6.12. The van der Waals surface area contributed by atoms with E-state index in [9.17, 15) is 0 Å². The largest absolute Gasteiger partial charge is 0.303 e. The van der Waals surface area contributed by atoms with Gasteiger partial charge in [-0.25, -0.2) is 0 Å². The summed E-state index contributed by atoms with van der Waals surface area (Å²) in [5, 5.41) is 4.24. The van der Waals surface area contributed by atoms with Crippen molar-refractivity contribution >= 4 is 11.6 Å². The van der Waals surface area contributed by atoms with Gasteiger partial charge in [-0.1, -0.05) is 17.7 Å². The third kappa shape index (κ3) is 2.77. The zero-order valence-corrected chi connectivity index (χ0v) is 11.4. The molecule has 19 heavy (non-hydrogen) atoms. The van der Waals surface area contributed by atoms with Gasteiger partial charge in [0.05, 0.1) is 22.5 Å². The van der Waals surface area contributed by atoms with Crippen LogP contribution in [0.5, 0.6) is 0 Å². The number of halogens is 1. The summed E-state index contributed by atoms with van der Waals surface area (Å²) >= 11 is 6.12. The number of hydrogen-bond donors (Lipinski definition) is 1. The van der Waals surface area contributed by atoms with E-state index in [1.807, 2.05) is 24.4 Å². The van der Waals surface area contributed by atoms with Gasteiger partial charge < -0.3 is 5.32 Å². The third-order valence-corrected chi connectivity index (χ3v) is 3.89. The molecule has 0 fully saturated rings. The van der Waals surface area contributed by atoms with Crippen LogP contribution in [-0.4, -0.2) is 9.97 Å². The highest BCUT2D eigenvalue weighted by atomic mass is 35.5. The van der Waals surface area contributed by atoms with Crippen LogP contribution in [0.15, 0.2) is 36.7 Å². The lowest BCUT2D eigenvalue weighted by atomic mass is 9.92. The fourth-order valence-corrected chi connectivity index (χ4v) is 2.76. The Morgan fingerprint density at radius 1 is 1.21 bits per heavy atom. The van der Waals surface area contributed by atoms with Gasteiger partial charge in [-0.05, 0) is 43.0 Å². The molecule has 0 saturated carbocycles. The molecule has 98 valence electrons. The van der Waals surface area contributed by atoms with Gasteiger partial charge in [0, 0.05) is 18.9 Å². The van der Waals surface area contributed by atoms with Gasteiger partial charge in [0.25, 0.3) is 0 Å². The molecule has 0 spiro atoms. The summed E-state index contributed by atoms with van der Waals surface area (Å²) in [6.07, 6.45) is 7.09. The molecule has 0 radical (unpaired) electrons. The average molecular weight is 274 g/mol. The quantitative estimate of drug-likeness (QED) is 0.932. The van der Waals surface area contributed by atoms with Gasteiger partial charge in [-0.15, -0.1) is 0 Å². The molecule has 1 aliphatic rings. The highest BCUT2D eigenvalue weighted by molar-refractivity contribution is 6.31. The molecular weight excluding hydrogens is 258 g/mol. The van der Waals surface area contributed by atoms with Crippen molar-refractivity contribution in [3.63, 3.8) is 0 Å². The fourth-order valence-electron chi connectivity index (χ4n) is 2.58. The van der Waals surface area contributed by atoms with Crippen LogP contribution in [0.2, 0.25) is 5.02 Å². The second-order valence-electron chi connectivity index (χ2n) is 4.81. The second kappa shape index (κ2) is 5.68. The van der Waals surface area contributed by atoms with Gasteiger partial charge in [-0.2, -0.15) is 0 Å². The summed E-state index contributed by atoms with van der Waals surface area (Å²) in [6.45, 7) is 0.681. The lowest BCUT2D eigenvalue weighted by Crippen LogP contribution is -2.26. The minimum Gasteiger partial charge on any atom is -0.303 e. The minimum atomic E-state index is 0.308. The number of nitrogens with one attached hydrogen (secondary N) is 1. The van der Waals surface area contributed by atoms with Crippen LogP contribution in [0, 0.1) is 0 Å². The zero-order valence-electron chi connectivity index (χ0n) is 10.6. The maximum Gasteiger partial charge on any atom is 0.0727 e. The third-order valence-electron chi connectivity index (χ3n) is 3.55. The molecule has 3 rings (SSSR count). The topological polar surface area (TPSA) is 37.8 Å². The molecule has 0 aliphatic heterocycles. The zero-order chi connectivity index (χ0) is 13.1. The monoisotopic (exact) mass is 273 g/mol. The summed E-state index contributed by atoms with van der Waals surface area (Å²) in [7, 11) is 0. The number of pyridine rings is 2. The van der Waals surface area contributed by atoms with Crippen LogP contribution >= 0.6 is 11.6 Å². The number of hydrogen-bond acceptors (Lipinski definition) is 3. The van der Waals surface area contributed by atoms with Gasteiger partial charge >= 0.3 is 0 Å². The molecule has 0 saturated heterocycles. The first-order valence-corrected chi connectivity index (χ1v) is 6.99. The van der Waals surface area contributed by atoms with E-state index in [0.29, 0.717) is 17.6 Å². The highest BCUT2D eigenvalue weighted by Gasteiger charge is 2.20. The SMILES string of the molecule is Clc1cccnc1CN[C@H]1CCCc2cccnc21. The first-order valence-electron chi connectivity index (χ1n) is 6.61. The summed E-state index contributed by atoms with van der Waals surface area (Å²) in [5.74, 6) is 0. The molecule has 4 heteroatoms. The normalized spacial score (nSPS) is 18.1. The van der Waals surface area contributed by atoms with Crippen molar-refractivity contribution < 1.29 is 0 Å². The average Bonchev–Trinajstić information content (AvgIpc) is 2.46. The van der Waals surface area contributed by atoms with Crippen LogP contribution in [0.3, 0.4) is 0 Å². The predicted molar refractivity (Wildman–Crippen MR) is 76.0 cm³/mol. The summed E-state index contributed by atoms with van der Waals surface area (Å²) < 4.78 is 0. The fraction of sp³-hybridized carbons (Fsp3) is 0.333.